The van der Waals surface area contributed by atoms with E-state index in [2.05, 4.69) is 13.8 Å². The van der Waals surface area contributed by atoms with E-state index in [9.17, 15) is 0 Å². The summed E-state index contributed by atoms with van der Waals surface area (Å²) in [5.41, 5.74) is 0. The minimum absolute atomic E-state index is 1.08. The highest BCUT2D eigenvalue weighted by atomic mass is 14.3. The molecule has 22 heavy (non-hydrogen) atoms. The summed E-state index contributed by atoms with van der Waals surface area (Å²) in [5.74, 6) is 4.35. The topological polar surface area (TPSA) is 0 Å². The summed E-state index contributed by atoms with van der Waals surface area (Å²) in [6.45, 7) is 4.70. The fourth-order valence-corrected chi connectivity index (χ4v) is 5.30. The van der Waals surface area contributed by atoms with Crippen LogP contribution in [0.25, 0.3) is 0 Å². The molecule has 0 bridgehead atoms. The maximum Gasteiger partial charge on any atom is -0.0414 e. The van der Waals surface area contributed by atoms with Crippen LogP contribution in [0.3, 0.4) is 0 Å². The Labute approximate surface area is 140 Å². The Bertz CT molecular complexity index is 225. The lowest BCUT2D eigenvalue weighted by Crippen LogP contribution is -2.15. The van der Waals surface area contributed by atoms with Gasteiger partial charge < -0.3 is 0 Å². The van der Waals surface area contributed by atoms with Gasteiger partial charge in [0.25, 0.3) is 0 Å². The third kappa shape index (κ3) is 6.63. The van der Waals surface area contributed by atoms with Crippen LogP contribution >= 0.6 is 0 Å². The van der Waals surface area contributed by atoms with Gasteiger partial charge in [0.1, 0.15) is 0 Å². The summed E-state index contributed by atoms with van der Waals surface area (Å²) in [4.78, 5) is 0. The van der Waals surface area contributed by atoms with Gasteiger partial charge in [-0.2, -0.15) is 0 Å². The molecule has 0 atom stereocenters. The molecule has 2 fully saturated rings. The van der Waals surface area contributed by atoms with E-state index in [0.29, 0.717) is 0 Å². The van der Waals surface area contributed by atoms with Crippen molar-refractivity contribution in [2.45, 2.75) is 117 Å². The molecule has 0 N–H and O–H groups in total. The molecule has 0 unspecified atom stereocenters. The first-order chi connectivity index (χ1) is 10.8. The Kier molecular flexibility index (Phi) is 8.93. The zero-order valence-electron chi connectivity index (χ0n) is 15.6. The molecule has 0 heteroatoms. The van der Waals surface area contributed by atoms with Gasteiger partial charge in [-0.05, 0) is 23.7 Å². The van der Waals surface area contributed by atoms with E-state index in [1.807, 2.05) is 0 Å². The monoisotopic (exact) mass is 306 g/mol. The average Bonchev–Trinajstić information content (AvgIpc) is 2.55. The lowest BCUT2D eigenvalue weighted by molar-refractivity contribution is 0.233. The molecule has 0 amide bonds. The zero-order valence-corrected chi connectivity index (χ0v) is 15.6. The quantitative estimate of drug-likeness (QED) is 0.382. The Morgan fingerprint density at radius 1 is 0.455 bits per heavy atom. The second kappa shape index (κ2) is 10.7. The molecule has 0 saturated heterocycles. The van der Waals surface area contributed by atoms with Crippen LogP contribution in [-0.2, 0) is 0 Å². The highest BCUT2D eigenvalue weighted by Crippen LogP contribution is 2.36. The van der Waals surface area contributed by atoms with Crippen LogP contribution in [-0.4, -0.2) is 0 Å². The van der Waals surface area contributed by atoms with Crippen molar-refractivity contribution in [3.8, 4) is 0 Å². The smallest absolute Gasteiger partial charge is 0.0414 e. The molecular formula is C22H42. The number of rotatable bonds is 9. The van der Waals surface area contributed by atoms with Gasteiger partial charge in [0.2, 0.25) is 0 Å². The third-order valence-electron chi connectivity index (χ3n) is 6.80. The van der Waals surface area contributed by atoms with Crippen LogP contribution in [0.2, 0.25) is 0 Å². The van der Waals surface area contributed by atoms with Crippen molar-refractivity contribution >= 4 is 0 Å². The minimum atomic E-state index is 1.08. The fraction of sp³-hybridized carbons (Fsp3) is 1.00. The normalized spacial score (nSPS) is 33.0. The fourth-order valence-electron chi connectivity index (χ4n) is 5.30. The van der Waals surface area contributed by atoms with Crippen LogP contribution in [0.5, 0.6) is 0 Å². The number of hydrogen-bond acceptors (Lipinski definition) is 0. The Hall–Kier alpha value is 0. The second-order valence-corrected chi connectivity index (χ2v) is 8.64. The predicted molar refractivity (Wildman–Crippen MR) is 99.2 cm³/mol. The van der Waals surface area contributed by atoms with Gasteiger partial charge in [0.05, 0.1) is 0 Å². The molecular weight excluding hydrogens is 264 g/mol. The molecule has 2 rings (SSSR count). The van der Waals surface area contributed by atoms with Gasteiger partial charge in [-0.1, -0.05) is 117 Å². The van der Waals surface area contributed by atoms with E-state index in [0.717, 1.165) is 23.7 Å². The maximum atomic E-state index is 2.35. The standard InChI is InChI=1S/C22H42/c1-3-7-19-11-15-21(16-12-19)9-5-6-10-22-17-13-20(8-4-2)14-18-22/h19-22H,3-18H2,1-2H3. The van der Waals surface area contributed by atoms with Crippen LogP contribution < -0.4 is 0 Å². The Morgan fingerprint density at radius 3 is 1.00 bits per heavy atom. The largest absolute Gasteiger partial charge is 0.0654 e. The molecule has 0 spiro atoms. The first kappa shape index (κ1) is 18.3. The summed E-state index contributed by atoms with van der Waals surface area (Å²) in [6.07, 6.45) is 24.3. The molecule has 0 aromatic rings. The van der Waals surface area contributed by atoms with Crippen LogP contribution in [0, 0.1) is 23.7 Å². The molecule has 0 radical (unpaired) electrons. The summed E-state index contributed by atoms with van der Waals surface area (Å²) in [7, 11) is 0. The van der Waals surface area contributed by atoms with Gasteiger partial charge in [-0.25, -0.2) is 0 Å². The molecule has 130 valence electrons. The average molecular weight is 307 g/mol. The van der Waals surface area contributed by atoms with Crippen LogP contribution in [0.15, 0.2) is 0 Å². The SMILES string of the molecule is CCCC1CCC(CCCCC2CCC(CCC)CC2)CC1. The molecule has 0 heterocycles. The van der Waals surface area contributed by atoms with Gasteiger partial charge in [-0.3, -0.25) is 0 Å². The second-order valence-electron chi connectivity index (χ2n) is 8.64. The molecule has 0 nitrogen and oxygen atoms in total. The Morgan fingerprint density at radius 2 is 0.727 bits per heavy atom. The van der Waals surface area contributed by atoms with Gasteiger partial charge in [0.15, 0.2) is 0 Å². The zero-order chi connectivity index (χ0) is 15.6. The van der Waals surface area contributed by atoms with Gasteiger partial charge >= 0.3 is 0 Å². The lowest BCUT2D eigenvalue weighted by Gasteiger charge is -2.29. The van der Waals surface area contributed by atoms with Crippen molar-refractivity contribution in [1.29, 1.82) is 0 Å². The van der Waals surface area contributed by atoms with E-state index >= 15 is 0 Å². The summed E-state index contributed by atoms with van der Waals surface area (Å²) < 4.78 is 0. The van der Waals surface area contributed by atoms with E-state index in [1.165, 1.54) is 38.5 Å². The molecule has 2 saturated carbocycles. The Balaban J connectivity index is 1.46. The maximum absolute atomic E-state index is 2.35. The van der Waals surface area contributed by atoms with Crippen LogP contribution in [0.4, 0.5) is 0 Å². The first-order valence-corrected chi connectivity index (χ1v) is 10.8. The van der Waals surface area contributed by atoms with Crippen molar-refractivity contribution in [2.75, 3.05) is 0 Å². The highest BCUT2D eigenvalue weighted by Gasteiger charge is 2.22. The van der Waals surface area contributed by atoms with Crippen molar-refractivity contribution in [3.05, 3.63) is 0 Å². The van der Waals surface area contributed by atoms with Crippen molar-refractivity contribution in [1.82, 2.24) is 0 Å². The molecule has 0 aromatic heterocycles. The van der Waals surface area contributed by atoms with Crippen molar-refractivity contribution < 1.29 is 0 Å². The van der Waals surface area contributed by atoms with E-state index in [4.69, 9.17) is 0 Å². The summed E-state index contributed by atoms with van der Waals surface area (Å²) >= 11 is 0. The molecule has 2 aliphatic carbocycles. The summed E-state index contributed by atoms with van der Waals surface area (Å²) in [5, 5.41) is 0. The first-order valence-electron chi connectivity index (χ1n) is 10.8. The van der Waals surface area contributed by atoms with E-state index in [1.54, 1.807) is 64.2 Å². The van der Waals surface area contributed by atoms with Gasteiger partial charge in [-0.15, -0.1) is 0 Å². The number of hydrogen-bond donors (Lipinski definition) is 0. The van der Waals surface area contributed by atoms with E-state index in [-0.39, 0.29) is 0 Å². The van der Waals surface area contributed by atoms with Crippen molar-refractivity contribution in [2.24, 2.45) is 23.7 Å². The predicted octanol–water partition coefficient (Wildman–Crippen LogP) is 7.76. The third-order valence-corrected chi connectivity index (χ3v) is 6.80. The van der Waals surface area contributed by atoms with Gasteiger partial charge in [0, 0.05) is 0 Å². The minimum Gasteiger partial charge on any atom is -0.0654 e. The molecule has 2 aliphatic rings. The molecule has 0 aliphatic heterocycles. The number of unbranched alkanes of at least 4 members (excludes halogenated alkanes) is 1. The highest BCUT2D eigenvalue weighted by molar-refractivity contribution is 4.74. The van der Waals surface area contributed by atoms with E-state index < -0.39 is 0 Å². The summed E-state index contributed by atoms with van der Waals surface area (Å²) in [6, 6.07) is 0. The van der Waals surface area contributed by atoms with Crippen LogP contribution in [0.1, 0.15) is 117 Å². The van der Waals surface area contributed by atoms with Crippen molar-refractivity contribution in [3.63, 3.8) is 0 Å². The lowest BCUT2D eigenvalue weighted by atomic mass is 9.76. The molecule has 0 aromatic carbocycles.